The van der Waals surface area contributed by atoms with Crippen molar-refractivity contribution in [1.29, 1.82) is 0 Å². The maximum atomic E-state index is 12.9. The van der Waals surface area contributed by atoms with Gasteiger partial charge in [0.15, 0.2) is 0 Å². The Morgan fingerprint density at radius 3 is 2.33 bits per heavy atom. The lowest BCUT2D eigenvalue weighted by Crippen LogP contribution is -2.32. The Morgan fingerprint density at radius 1 is 1.00 bits per heavy atom. The first kappa shape index (κ1) is 18.5. The molecule has 27 heavy (non-hydrogen) atoms. The summed E-state index contributed by atoms with van der Waals surface area (Å²) in [5, 5.41) is 2.98. The predicted octanol–water partition coefficient (Wildman–Crippen LogP) is 3.58. The molecule has 1 amide bonds. The Hall–Kier alpha value is -3.34. The average molecular weight is 361 g/mol. The Kier molecular flexibility index (Phi) is 6.05. The summed E-state index contributed by atoms with van der Waals surface area (Å²) in [6.45, 7) is 0.377. The summed E-state index contributed by atoms with van der Waals surface area (Å²) >= 11 is 0. The van der Waals surface area contributed by atoms with Crippen molar-refractivity contribution in [1.82, 2.24) is 10.3 Å². The molecule has 1 unspecified atom stereocenters. The van der Waals surface area contributed by atoms with Gasteiger partial charge in [-0.2, -0.15) is 0 Å². The van der Waals surface area contributed by atoms with Crippen LogP contribution in [0, 0.1) is 0 Å². The van der Waals surface area contributed by atoms with Gasteiger partial charge in [-0.15, -0.1) is 0 Å². The standard InChI is InChI=1S/C22H23N3O2/c1-25(2)21-18(12-9-15-23-21)16-24-22(26)20(17-10-5-3-6-11-17)27-19-13-7-4-8-14-19/h3-15,20H,16H2,1-2H3,(H,24,26). The number of nitrogens with zero attached hydrogens (tertiary/aromatic N) is 2. The van der Waals surface area contributed by atoms with E-state index in [0.29, 0.717) is 12.3 Å². The number of pyridine rings is 1. The smallest absolute Gasteiger partial charge is 0.266 e. The summed E-state index contributed by atoms with van der Waals surface area (Å²) in [5.74, 6) is 1.29. The lowest BCUT2D eigenvalue weighted by atomic mass is 10.1. The molecule has 0 aliphatic rings. The number of carbonyl (C=O) groups excluding carboxylic acids is 1. The Bertz CT molecular complexity index is 867. The van der Waals surface area contributed by atoms with Crippen LogP contribution in [0.15, 0.2) is 79.0 Å². The van der Waals surface area contributed by atoms with Crippen LogP contribution in [0.5, 0.6) is 5.75 Å². The molecule has 0 fully saturated rings. The number of para-hydroxylation sites is 1. The zero-order valence-corrected chi connectivity index (χ0v) is 15.5. The summed E-state index contributed by atoms with van der Waals surface area (Å²) in [5.41, 5.74) is 1.75. The van der Waals surface area contributed by atoms with Gasteiger partial charge in [0.1, 0.15) is 11.6 Å². The molecular weight excluding hydrogens is 338 g/mol. The van der Waals surface area contributed by atoms with Gasteiger partial charge < -0.3 is 15.0 Å². The SMILES string of the molecule is CN(C)c1ncccc1CNC(=O)C(Oc1ccccc1)c1ccccc1. The highest BCUT2D eigenvalue weighted by atomic mass is 16.5. The second-order valence-electron chi connectivity index (χ2n) is 6.32. The molecule has 0 saturated heterocycles. The van der Waals surface area contributed by atoms with E-state index in [0.717, 1.165) is 16.9 Å². The van der Waals surface area contributed by atoms with Crippen LogP contribution in [0.1, 0.15) is 17.2 Å². The molecule has 0 bridgehead atoms. The van der Waals surface area contributed by atoms with Crippen molar-refractivity contribution >= 4 is 11.7 Å². The Labute approximate surface area is 159 Å². The first-order chi connectivity index (χ1) is 13.1. The van der Waals surface area contributed by atoms with E-state index < -0.39 is 6.10 Å². The number of hydrogen-bond acceptors (Lipinski definition) is 4. The molecule has 3 rings (SSSR count). The topological polar surface area (TPSA) is 54.5 Å². The third-order valence-corrected chi connectivity index (χ3v) is 4.08. The molecule has 2 aromatic carbocycles. The fourth-order valence-electron chi connectivity index (χ4n) is 2.78. The largest absolute Gasteiger partial charge is 0.476 e. The van der Waals surface area contributed by atoms with Crippen LogP contribution in [-0.4, -0.2) is 25.0 Å². The molecule has 0 spiro atoms. The van der Waals surface area contributed by atoms with Gasteiger partial charge >= 0.3 is 0 Å². The maximum absolute atomic E-state index is 12.9. The molecule has 138 valence electrons. The van der Waals surface area contributed by atoms with E-state index in [1.807, 2.05) is 91.8 Å². The molecule has 0 aliphatic carbocycles. The number of anilines is 1. The summed E-state index contributed by atoms with van der Waals surface area (Å²) in [4.78, 5) is 19.2. The second-order valence-corrected chi connectivity index (χ2v) is 6.32. The number of benzene rings is 2. The predicted molar refractivity (Wildman–Crippen MR) is 107 cm³/mol. The van der Waals surface area contributed by atoms with Crippen LogP contribution in [0.4, 0.5) is 5.82 Å². The van der Waals surface area contributed by atoms with Gasteiger partial charge in [-0.05, 0) is 18.2 Å². The molecule has 0 radical (unpaired) electrons. The molecule has 1 aromatic heterocycles. The summed E-state index contributed by atoms with van der Waals surface area (Å²) in [6, 6.07) is 22.7. The number of ether oxygens (including phenoxy) is 1. The summed E-state index contributed by atoms with van der Waals surface area (Å²) < 4.78 is 5.99. The van der Waals surface area contributed by atoms with Crippen molar-refractivity contribution in [2.45, 2.75) is 12.6 Å². The van der Waals surface area contributed by atoms with Gasteiger partial charge in [-0.25, -0.2) is 4.98 Å². The van der Waals surface area contributed by atoms with E-state index in [2.05, 4.69) is 10.3 Å². The zero-order chi connectivity index (χ0) is 19.1. The van der Waals surface area contributed by atoms with Crippen LogP contribution >= 0.6 is 0 Å². The van der Waals surface area contributed by atoms with Crippen LogP contribution in [-0.2, 0) is 11.3 Å². The van der Waals surface area contributed by atoms with Gasteiger partial charge in [0.2, 0.25) is 6.10 Å². The van der Waals surface area contributed by atoms with Gasteiger partial charge in [0.05, 0.1) is 0 Å². The fourth-order valence-corrected chi connectivity index (χ4v) is 2.78. The maximum Gasteiger partial charge on any atom is 0.266 e. The van der Waals surface area contributed by atoms with Gasteiger partial charge in [-0.1, -0.05) is 54.6 Å². The fraction of sp³-hybridized carbons (Fsp3) is 0.182. The quantitative estimate of drug-likeness (QED) is 0.699. The Balaban J connectivity index is 1.77. The monoisotopic (exact) mass is 361 g/mol. The van der Waals surface area contributed by atoms with Crippen molar-refractivity contribution in [2.24, 2.45) is 0 Å². The Morgan fingerprint density at radius 2 is 1.67 bits per heavy atom. The number of hydrogen-bond donors (Lipinski definition) is 1. The van der Waals surface area contributed by atoms with E-state index in [4.69, 9.17) is 4.74 Å². The highest BCUT2D eigenvalue weighted by Gasteiger charge is 2.22. The molecule has 1 atom stereocenters. The van der Waals surface area contributed by atoms with Crippen molar-refractivity contribution in [3.05, 3.63) is 90.1 Å². The summed E-state index contributed by atoms with van der Waals surface area (Å²) in [6.07, 6.45) is 1.01. The second kappa shape index (κ2) is 8.85. The zero-order valence-electron chi connectivity index (χ0n) is 15.5. The number of nitrogens with one attached hydrogen (secondary N) is 1. The van der Waals surface area contributed by atoms with Gasteiger partial charge in [-0.3, -0.25) is 4.79 Å². The van der Waals surface area contributed by atoms with E-state index in [-0.39, 0.29) is 5.91 Å². The third-order valence-electron chi connectivity index (χ3n) is 4.08. The van der Waals surface area contributed by atoms with Crippen LogP contribution in [0.2, 0.25) is 0 Å². The normalized spacial score (nSPS) is 11.5. The molecule has 5 nitrogen and oxygen atoms in total. The molecule has 1 N–H and O–H groups in total. The number of rotatable bonds is 7. The highest BCUT2D eigenvalue weighted by molar-refractivity contribution is 5.82. The summed E-state index contributed by atoms with van der Waals surface area (Å²) in [7, 11) is 3.86. The van der Waals surface area contributed by atoms with Gasteiger partial charge in [0.25, 0.3) is 5.91 Å². The first-order valence-electron chi connectivity index (χ1n) is 8.80. The minimum absolute atomic E-state index is 0.196. The first-order valence-corrected chi connectivity index (χ1v) is 8.80. The van der Waals surface area contributed by atoms with Crippen LogP contribution in [0.25, 0.3) is 0 Å². The number of aromatic nitrogens is 1. The number of carbonyl (C=O) groups is 1. The lowest BCUT2D eigenvalue weighted by Gasteiger charge is -2.20. The molecule has 3 aromatic rings. The molecular formula is C22H23N3O2. The van der Waals surface area contributed by atoms with E-state index >= 15 is 0 Å². The van der Waals surface area contributed by atoms with Crippen molar-refractivity contribution in [3.8, 4) is 5.75 Å². The van der Waals surface area contributed by atoms with Crippen LogP contribution < -0.4 is 15.0 Å². The minimum atomic E-state index is -0.729. The minimum Gasteiger partial charge on any atom is -0.476 e. The van der Waals surface area contributed by atoms with E-state index in [1.54, 1.807) is 6.20 Å². The lowest BCUT2D eigenvalue weighted by molar-refractivity contribution is -0.128. The molecule has 1 heterocycles. The molecule has 0 aliphatic heterocycles. The van der Waals surface area contributed by atoms with Gasteiger partial charge in [0, 0.05) is 38.0 Å². The van der Waals surface area contributed by atoms with E-state index in [1.165, 1.54) is 0 Å². The third kappa shape index (κ3) is 4.85. The van der Waals surface area contributed by atoms with Crippen molar-refractivity contribution in [2.75, 3.05) is 19.0 Å². The molecule has 0 saturated carbocycles. The van der Waals surface area contributed by atoms with Crippen molar-refractivity contribution in [3.63, 3.8) is 0 Å². The highest BCUT2D eigenvalue weighted by Crippen LogP contribution is 2.22. The van der Waals surface area contributed by atoms with Crippen LogP contribution in [0.3, 0.4) is 0 Å². The average Bonchev–Trinajstić information content (AvgIpc) is 2.72. The van der Waals surface area contributed by atoms with Crippen molar-refractivity contribution < 1.29 is 9.53 Å². The number of amides is 1. The molecule has 5 heteroatoms. The van der Waals surface area contributed by atoms with E-state index in [9.17, 15) is 4.79 Å².